The Labute approximate surface area is 169 Å². The summed E-state index contributed by atoms with van der Waals surface area (Å²) in [6, 6.07) is 22.3. The predicted molar refractivity (Wildman–Crippen MR) is 113 cm³/mol. The number of aromatic nitrogens is 1. The van der Waals surface area contributed by atoms with Crippen molar-refractivity contribution in [2.24, 2.45) is 0 Å². The Hall–Kier alpha value is -3.15. The molecule has 0 saturated heterocycles. The smallest absolute Gasteiger partial charge is 0.226 e. The molecule has 29 heavy (non-hydrogen) atoms. The molecule has 4 rings (SSSR count). The molecule has 2 N–H and O–H groups in total. The topological polar surface area (TPSA) is 67.5 Å². The van der Waals surface area contributed by atoms with E-state index in [-0.39, 0.29) is 0 Å². The van der Waals surface area contributed by atoms with Crippen LogP contribution in [0.5, 0.6) is 5.75 Å². The summed E-state index contributed by atoms with van der Waals surface area (Å²) in [6.07, 6.45) is 1.47. The van der Waals surface area contributed by atoms with Crippen molar-refractivity contribution in [1.29, 1.82) is 0 Å². The van der Waals surface area contributed by atoms with E-state index in [2.05, 4.69) is 40.8 Å². The van der Waals surface area contributed by atoms with Crippen LogP contribution in [-0.4, -0.2) is 23.3 Å². The third-order valence-corrected chi connectivity index (χ3v) is 4.92. The van der Waals surface area contributed by atoms with Crippen LogP contribution in [0.15, 0.2) is 71.1 Å². The van der Waals surface area contributed by atoms with Crippen molar-refractivity contribution in [2.45, 2.75) is 19.8 Å². The van der Waals surface area contributed by atoms with Gasteiger partial charge in [0, 0.05) is 18.5 Å². The Morgan fingerprint density at radius 1 is 0.966 bits per heavy atom. The molecule has 1 aromatic heterocycles. The molecule has 1 heterocycles. The predicted octanol–water partition coefficient (Wildman–Crippen LogP) is 4.95. The number of ether oxygens (including phenoxy) is 1. The lowest BCUT2D eigenvalue weighted by Gasteiger charge is -2.08. The molecule has 0 bridgehead atoms. The molecule has 0 amide bonds. The zero-order valence-electron chi connectivity index (χ0n) is 16.4. The monoisotopic (exact) mass is 388 g/mol. The summed E-state index contributed by atoms with van der Waals surface area (Å²) in [6.45, 7) is 3.02. The first-order valence-corrected chi connectivity index (χ1v) is 9.77. The summed E-state index contributed by atoms with van der Waals surface area (Å²) in [5.74, 6) is 2.32. The van der Waals surface area contributed by atoms with E-state index in [0.717, 1.165) is 40.0 Å². The molecule has 0 spiro atoms. The summed E-state index contributed by atoms with van der Waals surface area (Å²) < 4.78 is 11.8. The molecule has 0 aliphatic carbocycles. The summed E-state index contributed by atoms with van der Waals surface area (Å²) in [5, 5.41) is 11.0. The highest BCUT2D eigenvalue weighted by Gasteiger charge is 2.11. The van der Waals surface area contributed by atoms with Crippen molar-refractivity contribution < 1.29 is 14.4 Å². The second-order valence-corrected chi connectivity index (χ2v) is 6.99. The van der Waals surface area contributed by atoms with Crippen molar-refractivity contribution in [3.05, 3.63) is 83.7 Å². The Kier molecular flexibility index (Phi) is 5.89. The van der Waals surface area contributed by atoms with Gasteiger partial charge in [0.1, 0.15) is 11.5 Å². The number of oxazole rings is 1. The van der Waals surface area contributed by atoms with Gasteiger partial charge in [0.05, 0.1) is 12.3 Å². The molecule has 0 unspecified atom stereocenters. The van der Waals surface area contributed by atoms with Gasteiger partial charge in [-0.2, -0.15) is 0 Å². The van der Waals surface area contributed by atoms with Gasteiger partial charge < -0.3 is 14.4 Å². The maximum Gasteiger partial charge on any atom is 0.226 e. The quantitative estimate of drug-likeness (QED) is 0.418. The van der Waals surface area contributed by atoms with Crippen LogP contribution in [0.4, 0.5) is 0 Å². The van der Waals surface area contributed by atoms with E-state index in [0.29, 0.717) is 25.5 Å². The number of nitrogens with zero attached hydrogens (tertiary/aromatic N) is 1. The zero-order valence-corrected chi connectivity index (χ0v) is 16.4. The van der Waals surface area contributed by atoms with Gasteiger partial charge in [0.2, 0.25) is 5.89 Å². The van der Waals surface area contributed by atoms with E-state index in [1.165, 1.54) is 5.56 Å². The number of nitrogens with one attached hydrogen (secondary N) is 1. The fraction of sp³-hybridized carbons (Fsp3) is 0.208. The first-order valence-electron chi connectivity index (χ1n) is 9.77. The van der Waals surface area contributed by atoms with Crippen LogP contribution in [-0.2, 0) is 12.8 Å². The molecule has 0 fully saturated rings. The van der Waals surface area contributed by atoms with Gasteiger partial charge >= 0.3 is 0 Å². The van der Waals surface area contributed by atoms with E-state index >= 15 is 0 Å². The number of rotatable bonds is 8. The minimum atomic E-state index is 0.535. The molecular formula is C24H24N2O3. The molecule has 5 nitrogen and oxygen atoms in total. The summed E-state index contributed by atoms with van der Waals surface area (Å²) in [7, 11) is 0. The summed E-state index contributed by atoms with van der Waals surface area (Å²) in [5.41, 5.74) is 5.28. The fourth-order valence-electron chi connectivity index (χ4n) is 3.35. The molecule has 4 aromatic rings. The molecule has 0 aliphatic heterocycles. The van der Waals surface area contributed by atoms with Crippen molar-refractivity contribution in [1.82, 2.24) is 10.5 Å². The number of fused-ring (bicyclic) bond motifs is 1. The number of aryl methyl sites for hydroxylation is 1. The molecule has 0 atom stereocenters. The minimum absolute atomic E-state index is 0.535. The Balaban J connectivity index is 1.39. The van der Waals surface area contributed by atoms with Gasteiger partial charge in [0.25, 0.3) is 0 Å². The molecule has 0 aliphatic rings. The van der Waals surface area contributed by atoms with E-state index in [1.54, 1.807) is 0 Å². The van der Waals surface area contributed by atoms with Gasteiger partial charge in [-0.25, -0.2) is 10.5 Å². The molecular weight excluding hydrogens is 364 g/mol. The lowest BCUT2D eigenvalue weighted by Crippen LogP contribution is -2.11. The first kappa shape index (κ1) is 19.2. The summed E-state index contributed by atoms with van der Waals surface area (Å²) >= 11 is 0. The van der Waals surface area contributed by atoms with Crippen LogP contribution < -0.4 is 10.2 Å². The van der Waals surface area contributed by atoms with Crippen molar-refractivity contribution in [2.75, 3.05) is 13.2 Å². The highest BCUT2D eigenvalue weighted by Crippen LogP contribution is 2.24. The second-order valence-electron chi connectivity index (χ2n) is 6.99. The van der Waals surface area contributed by atoms with Crippen LogP contribution in [0.1, 0.15) is 17.0 Å². The fourth-order valence-corrected chi connectivity index (χ4v) is 3.35. The van der Waals surface area contributed by atoms with E-state index < -0.39 is 0 Å². The Morgan fingerprint density at radius 3 is 2.59 bits per heavy atom. The highest BCUT2D eigenvalue weighted by molar-refractivity contribution is 5.84. The minimum Gasteiger partial charge on any atom is -0.493 e. The molecule has 0 radical (unpaired) electrons. The van der Waals surface area contributed by atoms with E-state index in [4.69, 9.17) is 14.4 Å². The van der Waals surface area contributed by atoms with E-state index in [1.807, 2.05) is 43.3 Å². The van der Waals surface area contributed by atoms with Gasteiger partial charge in [-0.15, -0.1) is 0 Å². The number of hydrogen-bond acceptors (Lipinski definition) is 5. The Bertz CT molecular complexity index is 1090. The second kappa shape index (κ2) is 8.90. The SMILES string of the molecule is Cc1oc(-c2ccccc2)nc1CCOc1ccc2cc(CCNO)ccc2c1. The van der Waals surface area contributed by atoms with Gasteiger partial charge in [0.15, 0.2) is 0 Å². The summed E-state index contributed by atoms with van der Waals surface area (Å²) in [4.78, 5) is 4.63. The maximum absolute atomic E-state index is 8.74. The van der Waals surface area contributed by atoms with Crippen LogP contribution in [0.3, 0.4) is 0 Å². The van der Waals surface area contributed by atoms with Crippen molar-refractivity contribution in [3.8, 4) is 17.2 Å². The first-order chi connectivity index (χ1) is 14.2. The van der Waals surface area contributed by atoms with Crippen LogP contribution in [0, 0.1) is 6.92 Å². The van der Waals surface area contributed by atoms with Gasteiger partial charge in [-0.3, -0.25) is 0 Å². The van der Waals surface area contributed by atoms with E-state index in [9.17, 15) is 0 Å². The lowest BCUT2D eigenvalue weighted by atomic mass is 10.0. The molecule has 148 valence electrons. The highest BCUT2D eigenvalue weighted by atomic mass is 16.5. The van der Waals surface area contributed by atoms with Gasteiger partial charge in [-0.1, -0.05) is 42.5 Å². The zero-order chi connectivity index (χ0) is 20.1. The maximum atomic E-state index is 8.74. The van der Waals surface area contributed by atoms with Crippen LogP contribution in [0.2, 0.25) is 0 Å². The standard InChI is InChI=1S/C24H24N2O3/c1-17-23(26-24(29-17)19-5-3-2-4-6-19)12-14-28-22-10-9-20-15-18(11-13-25-27)7-8-21(20)16-22/h2-10,15-16,25,27H,11-14H2,1H3. The Morgan fingerprint density at radius 2 is 1.76 bits per heavy atom. The van der Waals surface area contributed by atoms with Crippen LogP contribution >= 0.6 is 0 Å². The molecule has 0 saturated carbocycles. The van der Waals surface area contributed by atoms with Crippen molar-refractivity contribution >= 4 is 10.8 Å². The third-order valence-electron chi connectivity index (χ3n) is 4.92. The molecule has 3 aromatic carbocycles. The number of hydrogen-bond donors (Lipinski definition) is 2. The third kappa shape index (κ3) is 4.65. The number of hydroxylamine groups is 1. The number of benzene rings is 3. The lowest BCUT2D eigenvalue weighted by molar-refractivity contribution is 0.168. The molecule has 5 heteroatoms. The largest absolute Gasteiger partial charge is 0.493 e. The normalized spacial score (nSPS) is 11.1. The van der Waals surface area contributed by atoms with Gasteiger partial charge in [-0.05, 0) is 53.9 Å². The average molecular weight is 388 g/mol. The van der Waals surface area contributed by atoms with Crippen LogP contribution in [0.25, 0.3) is 22.2 Å². The van der Waals surface area contributed by atoms with Crippen molar-refractivity contribution in [3.63, 3.8) is 0 Å². The average Bonchev–Trinajstić information content (AvgIpc) is 3.13.